The highest BCUT2D eigenvalue weighted by atomic mass is 32.2. The van der Waals surface area contributed by atoms with E-state index in [1.807, 2.05) is 19.9 Å². The lowest BCUT2D eigenvalue weighted by Gasteiger charge is -2.24. The standard InChI is InChI=1S/C16H30N4O3S/c1-6-7-8-9-10-11-12-23-14(17)20(16(22)19(4)5)15(21)18-24-13(2)3/h10-11,13,17H,6-9,12H2,1-5H3,(H,18,21)/b11-10+,17-14?. The van der Waals surface area contributed by atoms with E-state index >= 15 is 0 Å². The number of carbonyl (C=O) groups is 2. The van der Waals surface area contributed by atoms with Gasteiger partial charge in [-0.3, -0.25) is 10.1 Å². The van der Waals surface area contributed by atoms with Crippen molar-refractivity contribution in [3.8, 4) is 0 Å². The lowest BCUT2D eigenvalue weighted by Crippen LogP contribution is -2.50. The van der Waals surface area contributed by atoms with Crippen LogP contribution in [-0.4, -0.2) is 53.8 Å². The minimum Gasteiger partial charge on any atom is -0.460 e. The quantitative estimate of drug-likeness (QED) is 0.227. The van der Waals surface area contributed by atoms with Crippen LogP contribution in [0.4, 0.5) is 9.59 Å². The van der Waals surface area contributed by atoms with Gasteiger partial charge in [-0.15, -0.1) is 0 Å². The third kappa shape index (κ3) is 9.44. The lowest BCUT2D eigenvalue weighted by atomic mass is 10.2. The van der Waals surface area contributed by atoms with Gasteiger partial charge in [-0.05, 0) is 24.8 Å². The third-order valence-corrected chi connectivity index (χ3v) is 3.58. The smallest absolute Gasteiger partial charge is 0.343 e. The highest BCUT2D eigenvalue weighted by Crippen LogP contribution is 2.07. The molecule has 0 saturated carbocycles. The number of nitrogens with one attached hydrogen (secondary N) is 2. The van der Waals surface area contributed by atoms with E-state index in [1.165, 1.54) is 43.8 Å². The molecule has 0 aromatic heterocycles. The molecule has 0 aliphatic carbocycles. The summed E-state index contributed by atoms with van der Waals surface area (Å²) in [5.74, 6) is 0. The minimum atomic E-state index is -0.690. The highest BCUT2D eigenvalue weighted by molar-refractivity contribution is 7.98. The second kappa shape index (κ2) is 12.7. The van der Waals surface area contributed by atoms with E-state index in [0.29, 0.717) is 4.90 Å². The van der Waals surface area contributed by atoms with Crippen LogP contribution >= 0.6 is 11.9 Å². The molecule has 4 amide bonds. The Hall–Kier alpha value is -1.70. The number of hydrogen-bond acceptors (Lipinski definition) is 5. The van der Waals surface area contributed by atoms with Gasteiger partial charge in [0, 0.05) is 19.3 Å². The number of allylic oxidation sites excluding steroid dienone is 1. The van der Waals surface area contributed by atoms with E-state index in [-0.39, 0.29) is 11.9 Å². The van der Waals surface area contributed by atoms with Gasteiger partial charge >= 0.3 is 18.1 Å². The fraction of sp³-hybridized carbons (Fsp3) is 0.688. The molecular formula is C16H30N4O3S. The first-order chi connectivity index (χ1) is 11.3. The van der Waals surface area contributed by atoms with Crippen LogP contribution in [0.3, 0.4) is 0 Å². The number of amides is 4. The molecule has 7 nitrogen and oxygen atoms in total. The molecule has 138 valence electrons. The van der Waals surface area contributed by atoms with E-state index in [4.69, 9.17) is 10.1 Å². The summed E-state index contributed by atoms with van der Waals surface area (Å²) >= 11 is 1.18. The molecule has 0 saturated heterocycles. The maximum Gasteiger partial charge on any atom is 0.343 e. The van der Waals surface area contributed by atoms with Crippen molar-refractivity contribution >= 4 is 30.0 Å². The summed E-state index contributed by atoms with van der Waals surface area (Å²) in [5, 5.41) is 8.04. The van der Waals surface area contributed by atoms with Crippen molar-refractivity contribution in [1.29, 1.82) is 5.41 Å². The Labute approximate surface area is 149 Å². The topological polar surface area (TPSA) is 85.7 Å². The molecule has 0 aliphatic rings. The zero-order valence-corrected chi connectivity index (χ0v) is 16.1. The van der Waals surface area contributed by atoms with Crippen molar-refractivity contribution in [2.75, 3.05) is 20.7 Å². The van der Waals surface area contributed by atoms with Gasteiger partial charge in [0.05, 0.1) is 0 Å². The summed E-state index contributed by atoms with van der Waals surface area (Å²) in [6.07, 6.45) is 8.19. The molecule has 0 aromatic carbocycles. The Morgan fingerprint density at radius 1 is 1.25 bits per heavy atom. The average Bonchev–Trinajstić information content (AvgIpc) is 2.52. The van der Waals surface area contributed by atoms with Crippen molar-refractivity contribution in [1.82, 2.24) is 14.5 Å². The van der Waals surface area contributed by atoms with Crippen LogP contribution in [-0.2, 0) is 4.74 Å². The van der Waals surface area contributed by atoms with Gasteiger partial charge in [0.15, 0.2) is 0 Å². The van der Waals surface area contributed by atoms with Gasteiger partial charge in [-0.2, -0.15) is 4.90 Å². The van der Waals surface area contributed by atoms with Gasteiger partial charge in [-0.1, -0.05) is 45.8 Å². The maximum absolute atomic E-state index is 12.1. The highest BCUT2D eigenvalue weighted by Gasteiger charge is 2.29. The summed E-state index contributed by atoms with van der Waals surface area (Å²) in [4.78, 5) is 26.2. The van der Waals surface area contributed by atoms with Crippen LogP contribution in [0, 0.1) is 5.41 Å². The van der Waals surface area contributed by atoms with Crippen molar-refractivity contribution in [3.05, 3.63) is 12.2 Å². The second-order valence-corrected chi connectivity index (χ2v) is 7.05. The fourth-order valence-electron chi connectivity index (χ4n) is 1.57. The first-order valence-corrected chi connectivity index (χ1v) is 9.02. The molecule has 0 heterocycles. The van der Waals surface area contributed by atoms with Crippen LogP contribution in [0.5, 0.6) is 0 Å². The van der Waals surface area contributed by atoms with Crippen molar-refractivity contribution < 1.29 is 14.3 Å². The molecule has 24 heavy (non-hydrogen) atoms. The van der Waals surface area contributed by atoms with E-state index < -0.39 is 18.1 Å². The van der Waals surface area contributed by atoms with E-state index in [1.54, 1.807) is 6.08 Å². The van der Waals surface area contributed by atoms with E-state index in [9.17, 15) is 9.59 Å². The van der Waals surface area contributed by atoms with Crippen LogP contribution in [0.2, 0.25) is 0 Å². The molecule has 2 N–H and O–H groups in total. The number of rotatable bonds is 8. The van der Waals surface area contributed by atoms with Gasteiger partial charge in [0.1, 0.15) is 6.61 Å². The van der Waals surface area contributed by atoms with E-state index in [0.717, 1.165) is 12.8 Å². The predicted molar refractivity (Wildman–Crippen MR) is 99.1 cm³/mol. The molecule has 0 aliphatic heterocycles. The minimum absolute atomic E-state index is 0.146. The Bertz CT molecular complexity index is 439. The fourth-order valence-corrected chi connectivity index (χ4v) is 2.00. The molecule has 0 radical (unpaired) electrons. The van der Waals surface area contributed by atoms with Crippen molar-refractivity contribution in [2.24, 2.45) is 0 Å². The van der Waals surface area contributed by atoms with Crippen LogP contribution in [0.15, 0.2) is 12.2 Å². The summed E-state index contributed by atoms with van der Waals surface area (Å²) in [6, 6.07) is -1.81. The summed E-state index contributed by atoms with van der Waals surface area (Å²) in [5.41, 5.74) is 0. The number of carbonyl (C=O) groups excluding carboxylic acids is 2. The number of unbranched alkanes of at least 4 members (excludes halogenated alkanes) is 3. The Balaban J connectivity index is 4.58. The third-order valence-electron chi connectivity index (χ3n) is 2.82. The van der Waals surface area contributed by atoms with E-state index in [2.05, 4.69) is 11.6 Å². The van der Waals surface area contributed by atoms with Crippen molar-refractivity contribution in [2.45, 2.75) is 51.7 Å². The molecule has 0 bridgehead atoms. The number of hydrogen-bond donors (Lipinski definition) is 2. The lowest BCUT2D eigenvalue weighted by molar-refractivity contribution is 0.177. The predicted octanol–water partition coefficient (Wildman–Crippen LogP) is 3.82. The summed E-state index contributed by atoms with van der Waals surface area (Å²) in [6.45, 7) is 6.11. The number of nitrogens with zero attached hydrogens (tertiary/aromatic N) is 2. The number of urea groups is 2. The Morgan fingerprint density at radius 3 is 2.46 bits per heavy atom. The molecule has 0 fully saturated rings. The molecule has 8 heteroatoms. The Kier molecular flexibility index (Phi) is 11.8. The second-order valence-electron chi connectivity index (χ2n) is 5.67. The monoisotopic (exact) mass is 358 g/mol. The van der Waals surface area contributed by atoms with Gasteiger partial charge in [-0.25, -0.2) is 9.59 Å². The summed E-state index contributed by atoms with van der Waals surface area (Å²) < 4.78 is 7.76. The molecular weight excluding hydrogens is 328 g/mol. The largest absolute Gasteiger partial charge is 0.460 e. The average molecular weight is 359 g/mol. The normalized spacial score (nSPS) is 10.8. The Morgan fingerprint density at radius 2 is 1.92 bits per heavy atom. The van der Waals surface area contributed by atoms with Crippen molar-refractivity contribution in [3.63, 3.8) is 0 Å². The number of imide groups is 1. The molecule has 0 aromatic rings. The molecule has 0 spiro atoms. The maximum atomic E-state index is 12.1. The SMILES string of the molecule is CCCCC/C=C/COC(=N)N(C(=O)NSC(C)C)C(=O)N(C)C. The zero-order chi connectivity index (χ0) is 18.5. The van der Waals surface area contributed by atoms with Crippen LogP contribution in [0.25, 0.3) is 0 Å². The molecule has 0 rings (SSSR count). The van der Waals surface area contributed by atoms with Gasteiger partial charge in [0.25, 0.3) is 0 Å². The van der Waals surface area contributed by atoms with Crippen LogP contribution < -0.4 is 4.72 Å². The zero-order valence-electron chi connectivity index (χ0n) is 15.3. The van der Waals surface area contributed by atoms with Crippen LogP contribution in [0.1, 0.15) is 46.5 Å². The molecule has 0 atom stereocenters. The first kappa shape index (κ1) is 22.3. The van der Waals surface area contributed by atoms with Gasteiger partial charge < -0.3 is 9.64 Å². The number of amidine groups is 1. The summed E-state index contributed by atoms with van der Waals surface area (Å²) in [7, 11) is 3.03. The number of ether oxygens (including phenoxy) is 1. The first-order valence-electron chi connectivity index (χ1n) is 8.14. The molecule has 0 unspecified atom stereocenters. The van der Waals surface area contributed by atoms with Gasteiger partial charge in [0.2, 0.25) is 0 Å².